The van der Waals surface area contributed by atoms with Crippen LogP contribution in [-0.2, 0) is 20.9 Å². The van der Waals surface area contributed by atoms with E-state index in [-0.39, 0.29) is 24.9 Å². The van der Waals surface area contributed by atoms with Gasteiger partial charge in [-0.15, -0.1) is 0 Å². The van der Waals surface area contributed by atoms with Crippen LogP contribution in [0.3, 0.4) is 0 Å². The van der Waals surface area contributed by atoms with Crippen LogP contribution in [0.15, 0.2) is 52.9 Å². The van der Waals surface area contributed by atoms with Crippen LogP contribution in [0.5, 0.6) is 0 Å². The number of hydrogen-bond acceptors (Lipinski definition) is 8. The number of rotatable bonds is 15. The van der Waals surface area contributed by atoms with E-state index in [4.69, 9.17) is 20.3 Å². The molecule has 0 fully saturated rings. The van der Waals surface area contributed by atoms with Crippen molar-refractivity contribution in [3.8, 4) is 0 Å². The summed E-state index contributed by atoms with van der Waals surface area (Å²) < 4.78 is 10.9. The third-order valence-corrected chi connectivity index (χ3v) is 4.88. The van der Waals surface area contributed by atoms with Crippen molar-refractivity contribution >= 4 is 11.9 Å². The van der Waals surface area contributed by atoms with E-state index in [1.807, 2.05) is 37.3 Å². The Labute approximate surface area is 209 Å². The normalized spacial score (nSPS) is 11.9. The molecular formula is C25H43N5O5. The Morgan fingerprint density at radius 2 is 1.89 bits per heavy atom. The molecule has 10 nitrogen and oxygen atoms in total. The summed E-state index contributed by atoms with van der Waals surface area (Å²) in [5, 5.41) is 20.8. The van der Waals surface area contributed by atoms with Gasteiger partial charge in [0.15, 0.2) is 0 Å². The largest absolute Gasteiger partial charge is 0.448 e. The van der Waals surface area contributed by atoms with Gasteiger partial charge >= 0.3 is 6.09 Å². The molecule has 1 aromatic carbocycles. The van der Waals surface area contributed by atoms with E-state index in [0.717, 1.165) is 11.3 Å². The number of benzene rings is 1. The lowest BCUT2D eigenvalue weighted by Gasteiger charge is -2.24. The SMILES string of the molecule is C=C([C@H](C)COCc1ccccc1)N(CCOC(=O)NCCCCO)N=NC.CC(=O)C(C)(C)N. The summed E-state index contributed by atoms with van der Waals surface area (Å²) in [6.45, 7) is 13.1. The molecular weight excluding hydrogens is 450 g/mol. The first kappa shape index (κ1) is 32.2. The number of amides is 1. The van der Waals surface area contributed by atoms with Crippen LogP contribution in [0.2, 0.25) is 0 Å². The fraction of sp³-hybridized carbons (Fsp3) is 0.600. The molecule has 0 aliphatic rings. The average Bonchev–Trinajstić information content (AvgIpc) is 2.81. The number of ether oxygens (including phenoxy) is 2. The van der Waals surface area contributed by atoms with Crippen LogP contribution in [0.1, 0.15) is 46.1 Å². The number of aliphatic hydroxyl groups is 1. The Morgan fingerprint density at radius 1 is 1.26 bits per heavy atom. The van der Waals surface area contributed by atoms with Gasteiger partial charge in [-0.05, 0) is 39.2 Å². The molecule has 0 spiro atoms. The summed E-state index contributed by atoms with van der Waals surface area (Å²) in [6, 6.07) is 9.96. The summed E-state index contributed by atoms with van der Waals surface area (Å²) in [5.74, 6) is 0.0500. The Morgan fingerprint density at radius 3 is 2.43 bits per heavy atom. The molecule has 0 aromatic heterocycles. The Hall–Kier alpha value is -2.82. The maximum Gasteiger partial charge on any atom is 0.407 e. The number of alkyl carbamates (subject to hydrolysis) is 1. The first-order valence-corrected chi connectivity index (χ1v) is 11.7. The van der Waals surface area contributed by atoms with Gasteiger partial charge in [-0.3, -0.25) is 4.79 Å². The molecule has 0 unspecified atom stereocenters. The molecule has 4 N–H and O–H groups in total. The molecule has 1 rings (SSSR count). The standard InChI is InChI=1S/C20H32N4O4.C5H11NO/c1-17(15-27-16-19-9-5-4-6-10-19)18(2)24(23-21-3)12-14-28-20(26)22-11-7-8-13-25;1-4(7)5(2,3)6/h4-6,9-10,17,25H,2,7-8,11-16H2,1,3H3,(H,22,26);6H2,1-3H3/t17-;/m1./s1. The summed E-state index contributed by atoms with van der Waals surface area (Å²) in [6.07, 6.45) is 0.866. The lowest BCUT2D eigenvalue weighted by Crippen LogP contribution is -2.39. The van der Waals surface area contributed by atoms with Crippen molar-refractivity contribution in [3.05, 3.63) is 48.2 Å². The van der Waals surface area contributed by atoms with Gasteiger partial charge < -0.3 is 25.6 Å². The molecule has 198 valence electrons. The van der Waals surface area contributed by atoms with E-state index in [1.165, 1.54) is 6.92 Å². The van der Waals surface area contributed by atoms with Crippen molar-refractivity contribution < 1.29 is 24.2 Å². The van der Waals surface area contributed by atoms with Crippen molar-refractivity contribution in [2.75, 3.05) is 40.0 Å². The van der Waals surface area contributed by atoms with Gasteiger partial charge in [-0.1, -0.05) is 49.1 Å². The third-order valence-electron chi connectivity index (χ3n) is 4.88. The number of nitrogens with zero attached hydrogens (tertiary/aromatic N) is 3. The van der Waals surface area contributed by atoms with Crippen LogP contribution in [0, 0.1) is 5.92 Å². The van der Waals surface area contributed by atoms with Gasteiger partial charge in [-0.25, -0.2) is 9.80 Å². The van der Waals surface area contributed by atoms with Crippen LogP contribution in [0.4, 0.5) is 4.79 Å². The number of aliphatic hydroxyl groups excluding tert-OH is 1. The van der Waals surface area contributed by atoms with Crippen molar-refractivity contribution in [2.45, 2.75) is 52.7 Å². The second-order valence-electron chi connectivity index (χ2n) is 8.58. The van der Waals surface area contributed by atoms with Crippen LogP contribution in [-0.4, -0.2) is 67.5 Å². The van der Waals surface area contributed by atoms with Gasteiger partial charge in [0, 0.05) is 24.8 Å². The highest BCUT2D eigenvalue weighted by Crippen LogP contribution is 2.16. The quantitative estimate of drug-likeness (QED) is 0.193. The lowest BCUT2D eigenvalue weighted by atomic mass is 10.0. The molecule has 1 amide bonds. The average molecular weight is 494 g/mol. The van der Waals surface area contributed by atoms with Crippen LogP contribution < -0.4 is 11.1 Å². The minimum atomic E-state index is -0.639. The number of carbonyl (C=O) groups is 2. The van der Waals surface area contributed by atoms with Gasteiger partial charge in [0.25, 0.3) is 0 Å². The predicted molar refractivity (Wildman–Crippen MR) is 137 cm³/mol. The zero-order chi connectivity index (χ0) is 26.7. The molecule has 0 saturated heterocycles. The predicted octanol–water partition coefficient (Wildman–Crippen LogP) is 3.46. The van der Waals surface area contributed by atoms with E-state index in [9.17, 15) is 9.59 Å². The first-order chi connectivity index (χ1) is 16.5. The highest BCUT2D eigenvalue weighted by atomic mass is 16.5. The molecule has 35 heavy (non-hydrogen) atoms. The van der Waals surface area contributed by atoms with Gasteiger partial charge in [-0.2, -0.15) is 5.11 Å². The summed E-state index contributed by atoms with van der Waals surface area (Å²) in [5.41, 5.74) is 6.55. The molecule has 0 bridgehead atoms. The van der Waals surface area contributed by atoms with Crippen molar-refractivity contribution in [1.82, 2.24) is 10.3 Å². The van der Waals surface area contributed by atoms with Gasteiger partial charge in [0.2, 0.25) is 0 Å². The number of unbranched alkanes of at least 4 members (excludes halogenated alkanes) is 1. The first-order valence-electron chi connectivity index (χ1n) is 11.7. The molecule has 0 radical (unpaired) electrons. The number of hydrogen-bond donors (Lipinski definition) is 3. The molecule has 0 saturated carbocycles. The van der Waals surface area contributed by atoms with Crippen molar-refractivity contribution in [2.24, 2.45) is 22.0 Å². The van der Waals surface area contributed by atoms with Crippen LogP contribution >= 0.6 is 0 Å². The second kappa shape index (κ2) is 18.5. The minimum Gasteiger partial charge on any atom is -0.448 e. The maximum atomic E-state index is 11.6. The zero-order valence-corrected chi connectivity index (χ0v) is 21.8. The number of Topliss-reactive ketones (excluding diaryl/α,β-unsaturated/α-hetero) is 1. The van der Waals surface area contributed by atoms with E-state index in [2.05, 4.69) is 22.2 Å². The number of nitrogens with two attached hydrogens (primary N) is 1. The summed E-state index contributed by atoms with van der Waals surface area (Å²) >= 11 is 0. The Bertz CT molecular complexity index is 765. The molecule has 0 aliphatic heterocycles. The fourth-order valence-electron chi connectivity index (χ4n) is 2.34. The third kappa shape index (κ3) is 16.4. The van der Waals surface area contributed by atoms with Gasteiger partial charge in [0.05, 0.1) is 32.3 Å². The smallest absolute Gasteiger partial charge is 0.407 e. The maximum absolute atomic E-state index is 11.6. The second-order valence-corrected chi connectivity index (χ2v) is 8.58. The van der Waals surface area contributed by atoms with E-state index in [1.54, 1.807) is 25.9 Å². The monoisotopic (exact) mass is 493 g/mol. The number of carbonyl (C=O) groups excluding carboxylic acids is 2. The van der Waals surface area contributed by atoms with E-state index in [0.29, 0.717) is 39.1 Å². The Kier molecular flexibility index (Phi) is 17.0. The number of nitrogens with one attached hydrogen (secondary N) is 1. The molecule has 10 heteroatoms. The Balaban J connectivity index is 0.00000143. The number of ketones is 1. The lowest BCUT2D eigenvalue weighted by molar-refractivity contribution is -0.120. The van der Waals surface area contributed by atoms with Crippen molar-refractivity contribution in [1.29, 1.82) is 0 Å². The van der Waals surface area contributed by atoms with E-state index < -0.39 is 11.6 Å². The fourth-order valence-corrected chi connectivity index (χ4v) is 2.34. The molecule has 0 aliphatic carbocycles. The molecule has 0 heterocycles. The summed E-state index contributed by atoms with van der Waals surface area (Å²) in [7, 11) is 1.57. The zero-order valence-electron chi connectivity index (χ0n) is 21.8. The van der Waals surface area contributed by atoms with Gasteiger partial charge in [0.1, 0.15) is 12.4 Å². The van der Waals surface area contributed by atoms with Crippen molar-refractivity contribution in [3.63, 3.8) is 0 Å². The minimum absolute atomic E-state index is 0.0208. The highest BCUT2D eigenvalue weighted by molar-refractivity contribution is 5.84. The topological polar surface area (TPSA) is 139 Å². The molecule has 1 aromatic rings. The van der Waals surface area contributed by atoms with Crippen LogP contribution in [0.25, 0.3) is 0 Å². The molecule has 1 atom stereocenters. The summed E-state index contributed by atoms with van der Waals surface area (Å²) in [4.78, 5) is 22.0. The highest BCUT2D eigenvalue weighted by Gasteiger charge is 2.16. The van der Waals surface area contributed by atoms with E-state index >= 15 is 0 Å².